The average Bonchev–Trinajstić information content (AvgIpc) is 2.84. The lowest BCUT2D eigenvalue weighted by Crippen LogP contribution is -2.41. The van der Waals surface area contributed by atoms with Gasteiger partial charge in [-0.05, 0) is 67.0 Å². The van der Waals surface area contributed by atoms with Crippen molar-refractivity contribution in [3.63, 3.8) is 0 Å². The quantitative estimate of drug-likeness (QED) is 0.788. The van der Waals surface area contributed by atoms with Crippen LogP contribution in [0.4, 0.5) is 0 Å². The van der Waals surface area contributed by atoms with Crippen LogP contribution in [0.3, 0.4) is 0 Å². The van der Waals surface area contributed by atoms with Crippen molar-refractivity contribution in [2.24, 2.45) is 0 Å². The van der Waals surface area contributed by atoms with Crippen molar-refractivity contribution in [1.29, 1.82) is 0 Å². The molecule has 7 heteroatoms. The number of halogens is 2. The molecule has 1 fully saturated rings. The molecule has 4 nitrogen and oxygen atoms in total. The topological polar surface area (TPSA) is 49.4 Å². The van der Waals surface area contributed by atoms with Crippen molar-refractivity contribution < 1.29 is 8.42 Å². The van der Waals surface area contributed by atoms with Crippen molar-refractivity contribution in [2.45, 2.75) is 30.7 Å². The van der Waals surface area contributed by atoms with Crippen LogP contribution in [0.1, 0.15) is 19.8 Å². The molecule has 112 valence electrons. The molecule has 1 atom stereocenters. The fraction of sp³-hybridized carbons (Fsp3) is 0.538. The molecule has 20 heavy (non-hydrogen) atoms. The van der Waals surface area contributed by atoms with Gasteiger partial charge in [-0.2, -0.15) is 0 Å². The summed E-state index contributed by atoms with van der Waals surface area (Å²) in [6.45, 7) is 4.78. The van der Waals surface area contributed by atoms with Crippen molar-refractivity contribution >= 4 is 41.9 Å². The van der Waals surface area contributed by atoms with Crippen LogP contribution in [-0.2, 0) is 10.0 Å². The SMILES string of the molecule is CC(CN1CCCC1)NS(=O)(=O)c1cc(Br)ccc1Br. The highest BCUT2D eigenvalue weighted by Crippen LogP contribution is 2.25. The van der Waals surface area contributed by atoms with E-state index in [2.05, 4.69) is 41.5 Å². The Bertz CT molecular complexity index is 572. The van der Waals surface area contributed by atoms with Crippen molar-refractivity contribution in [3.05, 3.63) is 27.1 Å². The minimum absolute atomic E-state index is 0.107. The highest BCUT2D eigenvalue weighted by molar-refractivity contribution is 9.11. The zero-order chi connectivity index (χ0) is 14.8. The average molecular weight is 426 g/mol. The first-order valence-corrected chi connectivity index (χ1v) is 9.65. The maximum absolute atomic E-state index is 12.4. The molecule has 1 aliphatic rings. The van der Waals surface area contributed by atoms with E-state index in [0.717, 1.165) is 24.1 Å². The molecule has 0 aliphatic carbocycles. The first kappa shape index (κ1) is 16.4. The number of hydrogen-bond acceptors (Lipinski definition) is 3. The molecule has 0 spiro atoms. The van der Waals surface area contributed by atoms with Gasteiger partial charge in [0.1, 0.15) is 0 Å². The van der Waals surface area contributed by atoms with Crippen molar-refractivity contribution in [3.8, 4) is 0 Å². The summed E-state index contributed by atoms with van der Waals surface area (Å²) in [5.74, 6) is 0. The van der Waals surface area contributed by atoms with Gasteiger partial charge >= 0.3 is 0 Å². The van der Waals surface area contributed by atoms with Crippen LogP contribution in [0.2, 0.25) is 0 Å². The van der Waals surface area contributed by atoms with Crippen LogP contribution in [-0.4, -0.2) is 39.0 Å². The number of rotatable bonds is 5. The van der Waals surface area contributed by atoms with Crippen LogP contribution in [0.25, 0.3) is 0 Å². The van der Waals surface area contributed by atoms with Crippen molar-refractivity contribution in [1.82, 2.24) is 9.62 Å². The smallest absolute Gasteiger partial charge is 0.242 e. The van der Waals surface area contributed by atoms with E-state index >= 15 is 0 Å². The molecule has 0 saturated carbocycles. The molecule has 1 saturated heterocycles. The van der Waals surface area contributed by atoms with Gasteiger partial charge in [0.2, 0.25) is 10.0 Å². The predicted molar refractivity (Wildman–Crippen MR) is 87.3 cm³/mol. The van der Waals surface area contributed by atoms with E-state index in [1.807, 2.05) is 6.92 Å². The lowest BCUT2D eigenvalue weighted by atomic mass is 10.3. The minimum atomic E-state index is -3.51. The molecule has 1 N–H and O–H groups in total. The van der Waals surface area contributed by atoms with Crippen LogP contribution in [0, 0.1) is 0 Å². The number of benzene rings is 1. The maximum Gasteiger partial charge on any atom is 0.242 e. The van der Waals surface area contributed by atoms with Gasteiger partial charge in [-0.25, -0.2) is 13.1 Å². The van der Waals surface area contributed by atoms with E-state index in [4.69, 9.17) is 0 Å². The van der Waals surface area contributed by atoms with Crippen molar-refractivity contribution in [2.75, 3.05) is 19.6 Å². The van der Waals surface area contributed by atoms with Gasteiger partial charge in [0.25, 0.3) is 0 Å². The Morgan fingerprint density at radius 3 is 2.60 bits per heavy atom. The monoisotopic (exact) mass is 424 g/mol. The fourth-order valence-corrected chi connectivity index (χ4v) is 5.14. The predicted octanol–water partition coefficient (Wildman–Crippen LogP) is 2.97. The second-order valence-corrected chi connectivity index (χ2v) is 8.56. The molecule has 1 aliphatic heterocycles. The molecule has 1 heterocycles. The third-order valence-corrected chi connectivity index (χ3v) is 6.35. The van der Waals surface area contributed by atoms with Gasteiger partial charge in [0.15, 0.2) is 0 Å². The van der Waals surface area contributed by atoms with Gasteiger partial charge in [-0.3, -0.25) is 0 Å². The molecule has 2 rings (SSSR count). The summed E-state index contributed by atoms with van der Waals surface area (Å²) < 4.78 is 28.9. The van der Waals surface area contributed by atoms with E-state index < -0.39 is 10.0 Å². The summed E-state index contributed by atoms with van der Waals surface area (Å²) in [5, 5.41) is 0. The number of sulfonamides is 1. The normalized spacial score (nSPS) is 18.4. The highest BCUT2D eigenvalue weighted by Gasteiger charge is 2.22. The maximum atomic E-state index is 12.4. The molecule has 0 amide bonds. The number of likely N-dealkylation sites (tertiary alicyclic amines) is 1. The lowest BCUT2D eigenvalue weighted by Gasteiger charge is -2.21. The van der Waals surface area contributed by atoms with Crippen LogP contribution in [0.5, 0.6) is 0 Å². The Balaban J connectivity index is 2.08. The Hall–Kier alpha value is 0.0500. The molecule has 1 aromatic carbocycles. The summed E-state index contributed by atoms with van der Waals surface area (Å²) in [6.07, 6.45) is 2.41. The Labute approximate surface area is 137 Å². The van der Waals surface area contributed by atoms with E-state index in [-0.39, 0.29) is 10.9 Å². The summed E-state index contributed by atoms with van der Waals surface area (Å²) in [5.41, 5.74) is 0. The second-order valence-electron chi connectivity index (χ2n) is 5.10. The van der Waals surface area contributed by atoms with E-state index in [0.29, 0.717) is 4.47 Å². The summed E-state index contributed by atoms with van der Waals surface area (Å²) >= 11 is 6.60. The Morgan fingerprint density at radius 1 is 1.30 bits per heavy atom. The van der Waals surface area contributed by atoms with Gasteiger partial charge in [0, 0.05) is 21.5 Å². The molecule has 1 unspecified atom stereocenters. The van der Waals surface area contributed by atoms with Gasteiger partial charge in [0.05, 0.1) is 4.90 Å². The fourth-order valence-electron chi connectivity index (χ4n) is 2.40. The zero-order valence-electron chi connectivity index (χ0n) is 11.3. The highest BCUT2D eigenvalue weighted by atomic mass is 79.9. The molecule has 0 aromatic heterocycles. The second kappa shape index (κ2) is 6.87. The molecular formula is C13H18Br2N2O2S. The first-order valence-electron chi connectivity index (χ1n) is 6.58. The standard InChI is InChI=1S/C13H18Br2N2O2S/c1-10(9-17-6-2-3-7-17)16-20(18,19)13-8-11(14)4-5-12(13)15/h4-5,8,10,16H,2-3,6-7,9H2,1H3. The van der Waals surface area contributed by atoms with Crippen LogP contribution < -0.4 is 4.72 Å². The van der Waals surface area contributed by atoms with Gasteiger partial charge in [-0.1, -0.05) is 15.9 Å². The number of hydrogen-bond donors (Lipinski definition) is 1. The third-order valence-electron chi connectivity index (χ3n) is 3.27. The van der Waals surface area contributed by atoms with Crippen LogP contribution >= 0.6 is 31.9 Å². The summed E-state index contributed by atoms with van der Waals surface area (Å²) in [6, 6.07) is 5.03. The van der Waals surface area contributed by atoms with Gasteiger partial charge < -0.3 is 4.90 Å². The number of nitrogens with zero attached hydrogens (tertiary/aromatic N) is 1. The first-order chi connectivity index (χ1) is 9.38. The van der Waals surface area contributed by atoms with Crippen LogP contribution in [0.15, 0.2) is 32.0 Å². The molecule has 0 radical (unpaired) electrons. The Morgan fingerprint density at radius 2 is 1.95 bits per heavy atom. The van der Waals surface area contributed by atoms with E-state index in [1.54, 1.807) is 18.2 Å². The van der Waals surface area contributed by atoms with E-state index in [9.17, 15) is 8.42 Å². The number of nitrogens with one attached hydrogen (secondary N) is 1. The van der Waals surface area contributed by atoms with E-state index in [1.165, 1.54) is 12.8 Å². The summed E-state index contributed by atoms with van der Waals surface area (Å²) in [7, 11) is -3.51. The largest absolute Gasteiger partial charge is 0.302 e. The molecule has 1 aromatic rings. The lowest BCUT2D eigenvalue weighted by molar-refractivity contribution is 0.312. The molecule has 0 bridgehead atoms. The summed E-state index contributed by atoms with van der Waals surface area (Å²) in [4.78, 5) is 2.56. The minimum Gasteiger partial charge on any atom is -0.302 e. The van der Waals surface area contributed by atoms with Gasteiger partial charge in [-0.15, -0.1) is 0 Å². The molecular weight excluding hydrogens is 408 g/mol. The zero-order valence-corrected chi connectivity index (χ0v) is 15.3. The Kier molecular flexibility index (Phi) is 5.64. The third kappa shape index (κ3) is 4.27.